The van der Waals surface area contributed by atoms with E-state index >= 15 is 0 Å². The third-order valence-corrected chi connectivity index (χ3v) is 14.7. The van der Waals surface area contributed by atoms with E-state index in [9.17, 15) is 0 Å². The third kappa shape index (κ3) is 2.18. The van der Waals surface area contributed by atoms with Crippen molar-refractivity contribution in [3.63, 3.8) is 0 Å². The lowest BCUT2D eigenvalue weighted by Gasteiger charge is -3.24. The third-order valence-electron chi connectivity index (χ3n) is 9.09. The molecule has 6 saturated carbocycles. The van der Waals surface area contributed by atoms with E-state index in [1.54, 1.807) is 14.2 Å². The van der Waals surface area contributed by atoms with Gasteiger partial charge in [-0.3, -0.25) is 0 Å². The van der Waals surface area contributed by atoms with Crippen LogP contribution in [0.2, 0.25) is 78.6 Å². The van der Waals surface area contributed by atoms with Crippen LogP contribution in [0.15, 0.2) is 0 Å². The Morgan fingerprint density at radius 3 is 0.947 bits per heavy atom. The van der Waals surface area contributed by atoms with Gasteiger partial charge in [0.05, 0.1) is 0 Å². The van der Waals surface area contributed by atoms with E-state index in [2.05, 4.69) is 52.4 Å². The lowest BCUT2D eigenvalue weighted by molar-refractivity contribution is -0.840. The van der Waals surface area contributed by atoms with E-state index in [1.165, 1.54) is 0 Å². The van der Waals surface area contributed by atoms with E-state index < -0.39 is 70.0 Å². The van der Waals surface area contributed by atoms with Crippen molar-refractivity contribution >= 4 is 64.2 Å². The second kappa shape index (κ2) is 8.20. The molecular weight excluding hydrogens is 605 g/mol. The van der Waals surface area contributed by atoms with Crippen LogP contribution >= 0.6 is 0 Å². The normalized spacial score (nSPS) is 49.4. The summed E-state index contributed by atoms with van der Waals surface area (Å²) < 4.78 is 62.5. The summed E-state index contributed by atoms with van der Waals surface area (Å²) in [6.45, 7) is 25.5. The fourth-order valence-electron chi connectivity index (χ4n) is 9.46. The van der Waals surface area contributed by atoms with Crippen molar-refractivity contribution in [2.24, 2.45) is 0 Å². The van der Waals surface area contributed by atoms with Crippen LogP contribution in [-0.2, 0) is 40.1 Å². The molecule has 4 unspecified atom stereocenters. The number of hydrogen-bond donors (Lipinski definition) is 0. The second-order valence-corrected chi connectivity index (χ2v) is 27.7. The molecule has 6 aliphatic rings. The first-order valence-electron chi connectivity index (χ1n) is 13.1. The molecule has 0 heterocycles. The molecule has 0 aromatic carbocycles. The summed E-state index contributed by atoms with van der Waals surface area (Å²) in [5, 5.41) is 0. The van der Waals surface area contributed by atoms with Gasteiger partial charge in [-0.1, -0.05) is 0 Å². The molecule has 0 spiro atoms. The molecule has 9 nitrogen and oxygen atoms in total. The first-order chi connectivity index (χ1) is 17.5. The molecule has 0 aliphatic heterocycles. The Bertz CT molecular complexity index is 968. The maximum absolute atomic E-state index is 7.35. The van der Waals surface area contributed by atoms with E-state index in [-0.39, 0.29) is 39.1 Å². The number of ether oxygens (including phenoxy) is 1. The molecule has 4 atom stereocenters. The molecule has 0 bridgehead atoms. The molecule has 0 amide bonds. The Labute approximate surface area is 241 Å². The van der Waals surface area contributed by atoms with E-state index in [4.69, 9.17) is 40.1 Å². The molecule has 0 aromatic rings. The average molecular weight is 647 g/mol. The first-order valence-corrected chi connectivity index (χ1v) is 28.3. The summed E-state index contributed by atoms with van der Waals surface area (Å²) in [6, 6.07) is 0. The Kier molecular flexibility index (Phi) is 6.61. The molecule has 0 N–H and O–H groups in total. The predicted octanol–water partition coefficient (Wildman–Crippen LogP) is 2.41. The summed E-state index contributed by atoms with van der Waals surface area (Å²) in [6.07, 6.45) is 0. The minimum absolute atomic E-state index is 0.167. The van der Waals surface area contributed by atoms with Gasteiger partial charge in [0.15, 0.2) is 61.4 Å². The van der Waals surface area contributed by atoms with E-state index in [0.717, 1.165) is 0 Å². The maximum Gasteiger partial charge on any atom is 0.332 e. The molecule has 0 aromatic heterocycles. The lowest BCUT2D eigenvalue weighted by Crippen LogP contribution is -3.53. The Balaban J connectivity index is 1.90. The summed E-state index contributed by atoms with van der Waals surface area (Å²) in [7, 11) is -3.01. The van der Waals surface area contributed by atoms with Crippen molar-refractivity contribution in [1.29, 1.82) is 0 Å². The highest BCUT2D eigenvalue weighted by Crippen LogP contribution is 3.16. The highest BCUT2D eigenvalue weighted by molar-refractivity contribution is 6.71. The SMILES string of the molecule is COC12C3(O[Si]C)C4(O[Si]C)C5(O[Si]C)C3(O[Si]C)C1(O[Si](C)(C)C)C5(O[Si](C)(C)OC)C24O[Si](C)(C)C. The van der Waals surface area contributed by atoms with Gasteiger partial charge >= 0.3 is 8.56 Å². The van der Waals surface area contributed by atoms with Crippen LogP contribution in [0.25, 0.3) is 0 Å². The van der Waals surface area contributed by atoms with Crippen molar-refractivity contribution in [1.82, 2.24) is 0 Å². The fraction of sp³-hybridized carbons (Fsp3) is 1.00. The summed E-state index contributed by atoms with van der Waals surface area (Å²) >= 11 is 0. The van der Waals surface area contributed by atoms with Crippen LogP contribution in [0.5, 0.6) is 0 Å². The molecule has 16 heteroatoms. The first kappa shape index (κ1) is 30.6. The summed E-state index contributed by atoms with van der Waals surface area (Å²) in [4.78, 5) is 0. The minimum Gasteiger partial charge on any atom is -0.404 e. The number of methoxy groups -OCH3 is 1. The van der Waals surface area contributed by atoms with Crippen LogP contribution in [0, 0.1) is 0 Å². The monoisotopic (exact) mass is 646 g/mol. The van der Waals surface area contributed by atoms with Gasteiger partial charge < -0.3 is 40.1 Å². The van der Waals surface area contributed by atoms with Gasteiger partial charge in [-0.05, 0) is 78.6 Å². The summed E-state index contributed by atoms with van der Waals surface area (Å²) in [5.74, 6) is 0. The highest BCUT2D eigenvalue weighted by Gasteiger charge is 3.46. The average Bonchev–Trinajstić information content (AvgIpc) is 2.78. The Morgan fingerprint density at radius 1 is 0.421 bits per heavy atom. The molecule has 38 heavy (non-hydrogen) atoms. The van der Waals surface area contributed by atoms with Crippen LogP contribution in [0.3, 0.4) is 0 Å². The topological polar surface area (TPSA) is 83.1 Å². The zero-order chi connectivity index (χ0) is 28.7. The van der Waals surface area contributed by atoms with E-state index in [0.29, 0.717) is 0 Å². The van der Waals surface area contributed by atoms with Gasteiger partial charge in [-0.2, -0.15) is 0 Å². The van der Waals surface area contributed by atoms with Crippen LogP contribution in [0.1, 0.15) is 0 Å². The van der Waals surface area contributed by atoms with Crippen LogP contribution < -0.4 is 0 Å². The zero-order valence-corrected chi connectivity index (χ0v) is 32.2. The van der Waals surface area contributed by atoms with E-state index in [1.807, 2.05) is 26.2 Å². The number of hydrogen-bond acceptors (Lipinski definition) is 9. The molecule has 6 fully saturated rings. The van der Waals surface area contributed by atoms with Crippen molar-refractivity contribution in [3.8, 4) is 0 Å². The van der Waals surface area contributed by atoms with Crippen LogP contribution in [0.4, 0.5) is 0 Å². The molecule has 0 saturated heterocycles. The molecule has 6 aliphatic carbocycles. The maximum atomic E-state index is 7.35. The smallest absolute Gasteiger partial charge is 0.332 e. The molecular formula is C22H42O9Si7. The Hall–Kier alpha value is 1.16. The fourth-order valence-corrected chi connectivity index (χ4v) is 16.4. The van der Waals surface area contributed by atoms with Gasteiger partial charge in [-0.25, -0.2) is 0 Å². The summed E-state index contributed by atoms with van der Waals surface area (Å²) in [5.41, 5.74) is -7.80. The quantitative estimate of drug-likeness (QED) is 0.235. The van der Waals surface area contributed by atoms with Gasteiger partial charge in [0.1, 0.15) is 0 Å². The lowest BCUT2D eigenvalue weighted by atomic mass is 8.87. The van der Waals surface area contributed by atoms with Crippen LogP contribution in [-0.4, -0.2) is 123 Å². The van der Waals surface area contributed by atoms with Gasteiger partial charge in [0, 0.05) is 14.2 Å². The minimum atomic E-state index is -2.71. The molecule has 6 rings (SSSR count). The van der Waals surface area contributed by atoms with Crippen molar-refractivity contribution in [2.75, 3.05) is 14.2 Å². The standard InChI is InChI=1S/C22H42O9Si7/c1-23-15-16(25-32-3)17(26-33-4)19(28-35-6)18(16,27-34-5)21(15,30-37(10,11)12)22(19,31-38(13,14)24-2)20(15,17)29-36(7,8)9/h1-14H3. The van der Waals surface area contributed by atoms with Gasteiger partial charge in [-0.15, -0.1) is 0 Å². The van der Waals surface area contributed by atoms with Gasteiger partial charge in [0.2, 0.25) is 39.1 Å². The van der Waals surface area contributed by atoms with Gasteiger partial charge in [0.25, 0.3) is 0 Å². The molecule has 8 radical (unpaired) electrons. The largest absolute Gasteiger partial charge is 0.404 e. The van der Waals surface area contributed by atoms with Crippen molar-refractivity contribution in [3.05, 3.63) is 0 Å². The highest BCUT2D eigenvalue weighted by atomic mass is 28.4. The Morgan fingerprint density at radius 2 is 0.711 bits per heavy atom. The van der Waals surface area contributed by atoms with Crippen molar-refractivity contribution < 1.29 is 40.1 Å². The zero-order valence-electron chi connectivity index (χ0n) is 25.2. The molecule has 212 valence electrons. The second-order valence-electron chi connectivity index (χ2n) is 13.0. The number of rotatable bonds is 16. The predicted molar refractivity (Wildman–Crippen MR) is 154 cm³/mol. The van der Waals surface area contributed by atoms with Crippen molar-refractivity contribution in [2.45, 2.75) is 123 Å².